The van der Waals surface area contributed by atoms with Gasteiger partial charge in [0.05, 0.1) is 0 Å². The summed E-state index contributed by atoms with van der Waals surface area (Å²) in [6, 6.07) is 0. The van der Waals surface area contributed by atoms with Gasteiger partial charge in [0.1, 0.15) is 5.92 Å². The van der Waals surface area contributed by atoms with Crippen LogP contribution in [-0.4, -0.2) is 11.8 Å². The van der Waals surface area contributed by atoms with Crippen molar-refractivity contribution in [2.24, 2.45) is 17.4 Å². The topological polar surface area (TPSA) is 86.2 Å². The van der Waals surface area contributed by atoms with Gasteiger partial charge in [-0.2, -0.15) is 0 Å². The van der Waals surface area contributed by atoms with E-state index in [1.165, 1.54) is 6.92 Å². The van der Waals surface area contributed by atoms with E-state index in [0.29, 0.717) is 0 Å². The summed E-state index contributed by atoms with van der Waals surface area (Å²) in [5, 5.41) is 0. The van der Waals surface area contributed by atoms with E-state index in [9.17, 15) is 9.59 Å². The molecule has 2 amide bonds. The zero-order chi connectivity index (χ0) is 6.73. The summed E-state index contributed by atoms with van der Waals surface area (Å²) in [5.74, 6) is -2.22. The van der Waals surface area contributed by atoms with Gasteiger partial charge in [0.15, 0.2) is 0 Å². The standard InChI is InChI=1S/C4H8N2O2/c1-2(3(5)7)4(6)8/h2H,1H3,(H2,5,7)(H2,6,8). The first kappa shape index (κ1) is 6.94. The highest BCUT2D eigenvalue weighted by Gasteiger charge is 2.13. The van der Waals surface area contributed by atoms with Crippen LogP contribution in [0.4, 0.5) is 0 Å². The average molecular weight is 116 g/mol. The zero-order valence-electron chi connectivity index (χ0n) is 4.55. The second kappa shape index (κ2) is 2.30. The quantitative estimate of drug-likeness (QED) is 0.434. The molecule has 0 fully saturated rings. The van der Waals surface area contributed by atoms with Crippen LogP contribution in [0.5, 0.6) is 0 Å². The fraction of sp³-hybridized carbons (Fsp3) is 0.500. The molecule has 4 nitrogen and oxygen atoms in total. The third kappa shape index (κ3) is 1.59. The monoisotopic (exact) mass is 116 g/mol. The predicted octanol–water partition coefficient (Wildman–Crippen LogP) is -1.41. The lowest BCUT2D eigenvalue weighted by atomic mass is 10.2. The molecule has 0 aromatic heterocycles. The number of nitrogens with two attached hydrogens (primary N) is 2. The molecule has 0 atom stereocenters. The maximum absolute atomic E-state index is 10.1. The number of rotatable bonds is 2. The van der Waals surface area contributed by atoms with Gasteiger partial charge in [0, 0.05) is 0 Å². The summed E-state index contributed by atoms with van der Waals surface area (Å²) in [6.07, 6.45) is 0. The van der Waals surface area contributed by atoms with Gasteiger partial charge in [-0.25, -0.2) is 0 Å². The normalized spacial score (nSPS) is 9.25. The first-order valence-corrected chi connectivity index (χ1v) is 2.14. The van der Waals surface area contributed by atoms with E-state index in [2.05, 4.69) is 0 Å². The maximum atomic E-state index is 10.1. The van der Waals surface area contributed by atoms with E-state index < -0.39 is 17.7 Å². The van der Waals surface area contributed by atoms with Gasteiger partial charge in [-0.05, 0) is 6.92 Å². The lowest BCUT2D eigenvalue weighted by Crippen LogP contribution is -2.32. The Morgan fingerprint density at radius 2 is 1.50 bits per heavy atom. The summed E-state index contributed by atoms with van der Waals surface area (Å²) in [6.45, 7) is 1.37. The van der Waals surface area contributed by atoms with Gasteiger partial charge in [-0.3, -0.25) is 9.59 Å². The first-order chi connectivity index (χ1) is 3.55. The number of primary amides is 2. The highest BCUT2D eigenvalue weighted by molar-refractivity contribution is 5.98. The molecular formula is C4H8N2O2. The molecule has 4 N–H and O–H groups in total. The van der Waals surface area contributed by atoms with E-state index in [1.807, 2.05) is 0 Å². The summed E-state index contributed by atoms with van der Waals surface area (Å²) < 4.78 is 0. The Morgan fingerprint density at radius 1 is 1.25 bits per heavy atom. The van der Waals surface area contributed by atoms with Crippen molar-refractivity contribution in [2.45, 2.75) is 6.92 Å². The van der Waals surface area contributed by atoms with Gasteiger partial charge in [-0.15, -0.1) is 0 Å². The Balaban J connectivity index is 3.83. The van der Waals surface area contributed by atoms with Crippen molar-refractivity contribution in [3.05, 3.63) is 0 Å². The van der Waals surface area contributed by atoms with Crippen LogP contribution in [0, 0.1) is 5.92 Å². The molecule has 0 aromatic carbocycles. The molecule has 0 unspecified atom stereocenters. The fourth-order valence-electron chi connectivity index (χ4n) is 0.140. The molecule has 8 heavy (non-hydrogen) atoms. The summed E-state index contributed by atoms with van der Waals surface area (Å²) in [5.41, 5.74) is 9.39. The van der Waals surface area contributed by atoms with Crippen molar-refractivity contribution >= 4 is 11.8 Å². The molecule has 46 valence electrons. The molecule has 0 saturated heterocycles. The van der Waals surface area contributed by atoms with Crippen molar-refractivity contribution in [3.63, 3.8) is 0 Å². The molecule has 0 spiro atoms. The second-order valence-corrected chi connectivity index (χ2v) is 1.53. The number of carbonyl (C=O) groups is 2. The summed E-state index contributed by atoms with van der Waals surface area (Å²) in [4.78, 5) is 20.1. The van der Waals surface area contributed by atoms with E-state index in [0.717, 1.165) is 0 Å². The molecule has 0 saturated carbocycles. The van der Waals surface area contributed by atoms with Gasteiger partial charge in [0.25, 0.3) is 0 Å². The number of carbonyl (C=O) groups excluding carboxylic acids is 2. The Kier molecular flexibility index (Phi) is 1.99. The van der Waals surface area contributed by atoms with Crippen LogP contribution >= 0.6 is 0 Å². The third-order valence-electron chi connectivity index (χ3n) is 0.854. The first-order valence-electron chi connectivity index (χ1n) is 2.14. The highest BCUT2D eigenvalue weighted by atomic mass is 16.2. The van der Waals surface area contributed by atoms with E-state index >= 15 is 0 Å². The lowest BCUT2D eigenvalue weighted by Gasteiger charge is -1.97. The minimum absolute atomic E-state index is 0.683. The largest absolute Gasteiger partial charge is 0.369 e. The molecule has 0 bridgehead atoms. The molecule has 0 aliphatic heterocycles. The third-order valence-corrected chi connectivity index (χ3v) is 0.854. The van der Waals surface area contributed by atoms with Crippen LogP contribution in [0.25, 0.3) is 0 Å². The summed E-state index contributed by atoms with van der Waals surface area (Å²) >= 11 is 0. The number of hydrogen-bond acceptors (Lipinski definition) is 2. The number of hydrogen-bond donors (Lipinski definition) is 2. The van der Waals surface area contributed by atoms with Crippen LogP contribution in [0.2, 0.25) is 0 Å². The highest BCUT2D eigenvalue weighted by Crippen LogP contribution is 1.87. The predicted molar refractivity (Wildman–Crippen MR) is 27.6 cm³/mol. The van der Waals surface area contributed by atoms with Gasteiger partial charge < -0.3 is 11.5 Å². The van der Waals surface area contributed by atoms with Crippen molar-refractivity contribution in [3.8, 4) is 0 Å². The van der Waals surface area contributed by atoms with Crippen LogP contribution in [0.15, 0.2) is 0 Å². The van der Waals surface area contributed by atoms with Crippen LogP contribution in [0.1, 0.15) is 6.92 Å². The minimum atomic E-state index is -0.852. The average Bonchev–Trinajstić information content (AvgIpc) is 1.64. The molecular weight excluding hydrogens is 108 g/mol. The minimum Gasteiger partial charge on any atom is -0.369 e. The number of amides is 2. The summed E-state index contributed by atoms with van der Waals surface area (Å²) in [7, 11) is 0. The Morgan fingerprint density at radius 3 is 1.50 bits per heavy atom. The van der Waals surface area contributed by atoms with Crippen LogP contribution < -0.4 is 11.5 Å². The lowest BCUT2D eigenvalue weighted by molar-refractivity contribution is -0.130. The smallest absolute Gasteiger partial charge is 0.229 e. The molecule has 0 aromatic rings. The molecule has 0 heterocycles. The van der Waals surface area contributed by atoms with E-state index in [-0.39, 0.29) is 0 Å². The molecule has 0 aliphatic carbocycles. The van der Waals surface area contributed by atoms with Crippen molar-refractivity contribution in [2.75, 3.05) is 0 Å². The molecule has 4 heteroatoms. The Hall–Kier alpha value is -1.06. The van der Waals surface area contributed by atoms with Gasteiger partial charge in [-0.1, -0.05) is 0 Å². The van der Waals surface area contributed by atoms with Crippen LogP contribution in [0.3, 0.4) is 0 Å². The molecule has 0 rings (SSSR count). The fourth-order valence-corrected chi connectivity index (χ4v) is 0.140. The Labute approximate surface area is 46.8 Å². The zero-order valence-corrected chi connectivity index (χ0v) is 4.55. The SMILES string of the molecule is CC(C(N)=O)C(N)=O. The molecule has 0 radical (unpaired) electrons. The van der Waals surface area contributed by atoms with Crippen molar-refractivity contribution in [1.82, 2.24) is 0 Å². The van der Waals surface area contributed by atoms with E-state index in [4.69, 9.17) is 11.5 Å². The van der Waals surface area contributed by atoms with Gasteiger partial charge in [0.2, 0.25) is 11.8 Å². The van der Waals surface area contributed by atoms with Crippen LogP contribution in [-0.2, 0) is 9.59 Å². The van der Waals surface area contributed by atoms with Crippen molar-refractivity contribution in [1.29, 1.82) is 0 Å². The maximum Gasteiger partial charge on any atom is 0.229 e. The van der Waals surface area contributed by atoms with E-state index in [1.54, 1.807) is 0 Å². The Bertz CT molecular complexity index is 107. The van der Waals surface area contributed by atoms with Crippen molar-refractivity contribution < 1.29 is 9.59 Å². The second-order valence-electron chi connectivity index (χ2n) is 1.53. The van der Waals surface area contributed by atoms with Gasteiger partial charge >= 0.3 is 0 Å². The molecule has 0 aliphatic rings.